The minimum absolute atomic E-state index is 0.224. The molecule has 0 atom stereocenters. The van der Waals surface area contributed by atoms with Crippen LogP contribution in [-0.2, 0) is 14.8 Å². The van der Waals surface area contributed by atoms with E-state index in [1.54, 1.807) is 12.1 Å². The summed E-state index contributed by atoms with van der Waals surface area (Å²) in [6.07, 6.45) is 0.976. The molecule has 1 rings (SSSR count). The van der Waals surface area contributed by atoms with Crippen LogP contribution in [0.4, 0.5) is 5.69 Å². The van der Waals surface area contributed by atoms with E-state index in [1.807, 2.05) is 6.92 Å². The Kier molecular flexibility index (Phi) is 5.78. The number of sulfonamides is 1. The van der Waals surface area contributed by atoms with Crippen molar-refractivity contribution in [3.8, 4) is 0 Å². The first kappa shape index (κ1) is 15.5. The fourth-order valence-electron chi connectivity index (χ4n) is 1.40. The van der Waals surface area contributed by atoms with Gasteiger partial charge in [-0.2, -0.15) is 0 Å². The highest BCUT2D eigenvalue weighted by molar-refractivity contribution is 7.89. The van der Waals surface area contributed by atoms with E-state index < -0.39 is 10.0 Å². The van der Waals surface area contributed by atoms with Crippen LogP contribution < -0.4 is 15.8 Å². The van der Waals surface area contributed by atoms with Crippen LogP contribution in [0.15, 0.2) is 29.2 Å². The van der Waals surface area contributed by atoms with E-state index in [2.05, 4.69) is 10.0 Å². The molecular formula is C12H19N3O3S. The molecule has 0 spiro atoms. The topological polar surface area (TPSA) is 101 Å². The van der Waals surface area contributed by atoms with Gasteiger partial charge in [0.15, 0.2) is 0 Å². The number of amides is 1. The van der Waals surface area contributed by atoms with E-state index in [1.165, 1.54) is 12.1 Å². The summed E-state index contributed by atoms with van der Waals surface area (Å²) in [6, 6.07) is 6.35. The molecule has 7 heteroatoms. The summed E-state index contributed by atoms with van der Waals surface area (Å²) >= 11 is 0. The molecule has 0 aliphatic heterocycles. The number of primary amides is 1. The van der Waals surface area contributed by atoms with E-state index >= 15 is 0 Å². The molecule has 106 valence electrons. The summed E-state index contributed by atoms with van der Waals surface area (Å²) in [6.45, 7) is 2.74. The van der Waals surface area contributed by atoms with Crippen molar-refractivity contribution in [2.24, 2.45) is 5.73 Å². The minimum atomic E-state index is -3.43. The lowest BCUT2D eigenvalue weighted by Gasteiger charge is -2.08. The lowest BCUT2D eigenvalue weighted by molar-refractivity contribution is -0.117. The van der Waals surface area contributed by atoms with Crippen LogP contribution in [0, 0.1) is 0 Å². The second-order valence-electron chi connectivity index (χ2n) is 4.07. The number of carbonyl (C=O) groups is 1. The number of benzene rings is 1. The van der Waals surface area contributed by atoms with Gasteiger partial charge in [0, 0.05) is 25.2 Å². The third-order valence-electron chi connectivity index (χ3n) is 2.41. The van der Waals surface area contributed by atoms with Gasteiger partial charge in [0.05, 0.1) is 4.90 Å². The quantitative estimate of drug-likeness (QED) is 0.653. The molecular weight excluding hydrogens is 266 g/mol. The lowest BCUT2D eigenvalue weighted by atomic mass is 10.3. The average molecular weight is 285 g/mol. The molecule has 1 aromatic rings. The van der Waals surface area contributed by atoms with Crippen molar-refractivity contribution >= 4 is 21.6 Å². The van der Waals surface area contributed by atoms with E-state index in [0.717, 1.165) is 12.1 Å². The second-order valence-corrected chi connectivity index (χ2v) is 5.83. The fraction of sp³-hybridized carbons (Fsp3) is 0.417. The van der Waals surface area contributed by atoms with Crippen molar-refractivity contribution in [1.82, 2.24) is 4.72 Å². The molecule has 0 fully saturated rings. The van der Waals surface area contributed by atoms with Gasteiger partial charge in [-0.25, -0.2) is 13.1 Å². The SMILES string of the molecule is CCCNS(=O)(=O)c1ccc(NCCC(N)=O)cc1. The number of nitrogens with one attached hydrogen (secondary N) is 2. The van der Waals surface area contributed by atoms with Gasteiger partial charge in [0.1, 0.15) is 0 Å². The third-order valence-corrected chi connectivity index (χ3v) is 3.88. The molecule has 0 bridgehead atoms. The Morgan fingerprint density at radius 2 is 1.84 bits per heavy atom. The Hall–Kier alpha value is -1.60. The fourth-order valence-corrected chi connectivity index (χ4v) is 2.54. The molecule has 0 aliphatic carbocycles. The normalized spacial score (nSPS) is 11.2. The summed E-state index contributed by atoms with van der Waals surface area (Å²) < 4.78 is 26.1. The lowest BCUT2D eigenvalue weighted by Crippen LogP contribution is -2.24. The van der Waals surface area contributed by atoms with Crippen LogP contribution in [0.3, 0.4) is 0 Å². The number of hydrogen-bond acceptors (Lipinski definition) is 4. The Morgan fingerprint density at radius 3 is 2.37 bits per heavy atom. The van der Waals surface area contributed by atoms with Crippen LogP contribution in [0.25, 0.3) is 0 Å². The first-order valence-corrected chi connectivity index (χ1v) is 7.56. The molecule has 19 heavy (non-hydrogen) atoms. The molecule has 0 aliphatic rings. The summed E-state index contributed by atoms with van der Waals surface area (Å²) in [7, 11) is -3.43. The summed E-state index contributed by atoms with van der Waals surface area (Å²) in [5.41, 5.74) is 5.76. The number of hydrogen-bond donors (Lipinski definition) is 3. The molecule has 0 unspecified atom stereocenters. The Labute approximate surface area is 113 Å². The van der Waals surface area contributed by atoms with Crippen molar-refractivity contribution in [3.05, 3.63) is 24.3 Å². The van der Waals surface area contributed by atoms with Crippen molar-refractivity contribution < 1.29 is 13.2 Å². The standard InChI is InChI=1S/C12H19N3O3S/c1-2-8-15-19(17,18)11-5-3-10(4-6-11)14-9-7-12(13)16/h3-6,14-15H,2,7-9H2,1H3,(H2,13,16). The minimum Gasteiger partial charge on any atom is -0.385 e. The Morgan fingerprint density at radius 1 is 1.21 bits per heavy atom. The highest BCUT2D eigenvalue weighted by Gasteiger charge is 2.12. The zero-order valence-electron chi connectivity index (χ0n) is 10.8. The van der Waals surface area contributed by atoms with Gasteiger partial charge in [-0.05, 0) is 30.7 Å². The predicted molar refractivity (Wildman–Crippen MR) is 74.2 cm³/mol. The maximum absolute atomic E-state index is 11.8. The van der Waals surface area contributed by atoms with Crippen molar-refractivity contribution in [1.29, 1.82) is 0 Å². The molecule has 4 N–H and O–H groups in total. The molecule has 1 aromatic carbocycles. The summed E-state index contributed by atoms with van der Waals surface area (Å²) in [5.74, 6) is -0.379. The van der Waals surface area contributed by atoms with Gasteiger partial charge in [-0.3, -0.25) is 4.79 Å². The van der Waals surface area contributed by atoms with Gasteiger partial charge < -0.3 is 11.1 Å². The zero-order chi connectivity index (χ0) is 14.3. The van der Waals surface area contributed by atoms with Gasteiger partial charge in [0.25, 0.3) is 0 Å². The van der Waals surface area contributed by atoms with Gasteiger partial charge in [-0.1, -0.05) is 6.92 Å². The number of rotatable bonds is 8. The first-order valence-electron chi connectivity index (χ1n) is 6.07. The predicted octanol–water partition coefficient (Wildman–Crippen LogP) is 0.662. The third kappa shape index (κ3) is 5.27. The highest BCUT2D eigenvalue weighted by Crippen LogP contribution is 2.13. The van der Waals surface area contributed by atoms with E-state index in [-0.39, 0.29) is 17.2 Å². The van der Waals surface area contributed by atoms with E-state index in [0.29, 0.717) is 13.1 Å². The second kappa shape index (κ2) is 7.10. The largest absolute Gasteiger partial charge is 0.385 e. The molecule has 0 heterocycles. The highest BCUT2D eigenvalue weighted by atomic mass is 32.2. The van der Waals surface area contributed by atoms with Gasteiger partial charge >= 0.3 is 0 Å². The summed E-state index contributed by atoms with van der Waals surface area (Å²) in [5, 5.41) is 2.98. The molecule has 0 saturated carbocycles. The van der Waals surface area contributed by atoms with Crippen molar-refractivity contribution in [2.75, 3.05) is 18.4 Å². The van der Waals surface area contributed by atoms with Crippen LogP contribution in [0.1, 0.15) is 19.8 Å². The molecule has 0 saturated heterocycles. The number of anilines is 1. The Balaban J connectivity index is 2.63. The van der Waals surface area contributed by atoms with E-state index in [4.69, 9.17) is 5.73 Å². The Bertz CT molecular complexity index is 512. The number of nitrogens with two attached hydrogens (primary N) is 1. The smallest absolute Gasteiger partial charge is 0.240 e. The maximum Gasteiger partial charge on any atom is 0.240 e. The first-order chi connectivity index (χ1) is 8.95. The van der Waals surface area contributed by atoms with Crippen LogP contribution >= 0.6 is 0 Å². The van der Waals surface area contributed by atoms with Crippen LogP contribution in [-0.4, -0.2) is 27.4 Å². The van der Waals surface area contributed by atoms with E-state index in [9.17, 15) is 13.2 Å². The monoisotopic (exact) mass is 285 g/mol. The van der Waals surface area contributed by atoms with Crippen LogP contribution in [0.5, 0.6) is 0 Å². The number of carbonyl (C=O) groups excluding carboxylic acids is 1. The maximum atomic E-state index is 11.8. The van der Waals surface area contributed by atoms with Gasteiger partial charge in [-0.15, -0.1) is 0 Å². The van der Waals surface area contributed by atoms with Crippen molar-refractivity contribution in [2.45, 2.75) is 24.7 Å². The molecule has 0 radical (unpaired) electrons. The molecule has 0 aromatic heterocycles. The van der Waals surface area contributed by atoms with Crippen molar-refractivity contribution in [3.63, 3.8) is 0 Å². The summed E-state index contributed by atoms with van der Waals surface area (Å²) in [4.78, 5) is 10.8. The zero-order valence-corrected chi connectivity index (χ0v) is 11.7. The molecule has 6 nitrogen and oxygen atoms in total. The van der Waals surface area contributed by atoms with Gasteiger partial charge in [0.2, 0.25) is 15.9 Å². The van der Waals surface area contributed by atoms with Crippen LogP contribution in [0.2, 0.25) is 0 Å². The molecule has 1 amide bonds. The average Bonchev–Trinajstić information content (AvgIpc) is 2.37.